The van der Waals surface area contributed by atoms with Crippen molar-refractivity contribution in [3.8, 4) is 0 Å². The number of carbonyl (C=O) groups excluding carboxylic acids is 2. The summed E-state index contributed by atoms with van der Waals surface area (Å²) in [6.07, 6.45) is 1.11. The molecule has 7 nitrogen and oxygen atoms in total. The van der Waals surface area contributed by atoms with Gasteiger partial charge in [-0.05, 0) is 47.9 Å². The lowest BCUT2D eigenvalue weighted by Crippen LogP contribution is -2.53. The molecule has 0 radical (unpaired) electrons. The fourth-order valence-electron chi connectivity index (χ4n) is 4.05. The molecule has 3 aromatic rings. The molecular formula is C29H32Cl2FN3O4S. The third-order valence-electron chi connectivity index (χ3n) is 6.14. The second-order valence-corrected chi connectivity index (χ2v) is 12.5. The fraction of sp³-hybridized carbons (Fsp3) is 0.310. The molecule has 3 aromatic carbocycles. The standard InChI is InChI=1S/C29H32Cl2FN3O4S/c1-20(2)17-33-29(37)27(16-21-8-5-4-6-9-21)34(18-24-25(30)10-7-11-26(24)31)28(36)19-35(40(3,38)39)23-14-12-22(32)13-15-23/h4-15,20,27H,16-19H2,1-3H3,(H,33,37). The first-order valence-corrected chi connectivity index (χ1v) is 15.2. The van der Waals surface area contributed by atoms with Crippen LogP contribution in [0.3, 0.4) is 0 Å². The number of nitrogens with zero attached hydrogens (tertiary/aromatic N) is 2. The van der Waals surface area contributed by atoms with Crippen LogP contribution in [0.15, 0.2) is 72.8 Å². The maximum absolute atomic E-state index is 14.0. The SMILES string of the molecule is CC(C)CNC(=O)C(Cc1ccccc1)N(Cc1c(Cl)cccc1Cl)C(=O)CN(c1ccc(F)cc1)S(C)(=O)=O. The molecule has 0 aromatic heterocycles. The molecule has 0 fully saturated rings. The van der Waals surface area contributed by atoms with Gasteiger partial charge in [-0.25, -0.2) is 12.8 Å². The highest BCUT2D eigenvalue weighted by atomic mass is 35.5. The highest BCUT2D eigenvalue weighted by molar-refractivity contribution is 7.92. The van der Waals surface area contributed by atoms with E-state index in [0.717, 1.165) is 28.3 Å². The fourth-order valence-corrected chi connectivity index (χ4v) is 5.42. The van der Waals surface area contributed by atoms with E-state index in [0.29, 0.717) is 22.2 Å². The number of sulfonamides is 1. The Labute approximate surface area is 244 Å². The maximum Gasteiger partial charge on any atom is 0.244 e. The number of nitrogens with one attached hydrogen (secondary N) is 1. The van der Waals surface area contributed by atoms with Gasteiger partial charge in [-0.3, -0.25) is 13.9 Å². The summed E-state index contributed by atoms with van der Waals surface area (Å²) in [5.74, 6) is -1.46. The molecule has 0 saturated carbocycles. The van der Waals surface area contributed by atoms with Crippen LogP contribution in [0.25, 0.3) is 0 Å². The first-order chi connectivity index (χ1) is 18.9. The highest BCUT2D eigenvalue weighted by Gasteiger charge is 2.33. The molecule has 0 heterocycles. The molecule has 11 heteroatoms. The number of halogens is 3. The van der Waals surface area contributed by atoms with Gasteiger partial charge in [0.05, 0.1) is 11.9 Å². The summed E-state index contributed by atoms with van der Waals surface area (Å²) in [5, 5.41) is 3.49. The van der Waals surface area contributed by atoms with Gasteiger partial charge < -0.3 is 10.2 Å². The van der Waals surface area contributed by atoms with Crippen LogP contribution in [0.2, 0.25) is 10.0 Å². The van der Waals surface area contributed by atoms with E-state index in [1.807, 2.05) is 44.2 Å². The Morgan fingerprint density at radius 2 is 1.52 bits per heavy atom. The Morgan fingerprint density at radius 3 is 2.08 bits per heavy atom. The van der Waals surface area contributed by atoms with Gasteiger partial charge in [0.25, 0.3) is 0 Å². The van der Waals surface area contributed by atoms with Crippen molar-refractivity contribution in [2.24, 2.45) is 5.92 Å². The monoisotopic (exact) mass is 607 g/mol. The number of carbonyl (C=O) groups is 2. The Bertz CT molecular complexity index is 1400. The molecule has 0 spiro atoms. The largest absolute Gasteiger partial charge is 0.354 e. The Morgan fingerprint density at radius 1 is 0.925 bits per heavy atom. The third-order valence-corrected chi connectivity index (χ3v) is 7.99. The van der Waals surface area contributed by atoms with Crippen molar-refractivity contribution in [2.75, 3.05) is 23.7 Å². The van der Waals surface area contributed by atoms with Crippen LogP contribution in [0, 0.1) is 11.7 Å². The molecule has 0 bridgehead atoms. The Hall–Kier alpha value is -3.14. The normalized spacial score (nSPS) is 12.2. The summed E-state index contributed by atoms with van der Waals surface area (Å²) in [5.41, 5.74) is 1.33. The topological polar surface area (TPSA) is 86.8 Å². The zero-order valence-electron chi connectivity index (χ0n) is 22.5. The first-order valence-electron chi connectivity index (χ1n) is 12.6. The molecule has 1 unspecified atom stereocenters. The average Bonchev–Trinajstić information content (AvgIpc) is 2.89. The molecule has 0 aliphatic carbocycles. The predicted molar refractivity (Wildman–Crippen MR) is 157 cm³/mol. The molecule has 0 saturated heterocycles. The van der Waals surface area contributed by atoms with Crippen LogP contribution in [0.1, 0.15) is 25.0 Å². The van der Waals surface area contributed by atoms with Crippen molar-refractivity contribution in [2.45, 2.75) is 32.9 Å². The average molecular weight is 609 g/mol. The van der Waals surface area contributed by atoms with Crippen molar-refractivity contribution >= 4 is 50.7 Å². The number of anilines is 1. The maximum atomic E-state index is 14.0. The smallest absolute Gasteiger partial charge is 0.244 e. The molecule has 40 heavy (non-hydrogen) atoms. The molecular weight excluding hydrogens is 576 g/mol. The second kappa shape index (κ2) is 14.0. The van der Waals surface area contributed by atoms with Crippen LogP contribution in [-0.2, 0) is 32.6 Å². The van der Waals surface area contributed by atoms with Crippen molar-refractivity contribution in [3.05, 3.63) is 99.8 Å². The minimum atomic E-state index is -3.96. The summed E-state index contributed by atoms with van der Waals surface area (Å²) < 4.78 is 40.0. The lowest BCUT2D eigenvalue weighted by atomic mass is 10.0. The quantitative estimate of drug-likeness (QED) is 0.302. The van der Waals surface area contributed by atoms with Gasteiger partial charge in [0, 0.05) is 35.1 Å². The van der Waals surface area contributed by atoms with Crippen LogP contribution >= 0.6 is 23.2 Å². The van der Waals surface area contributed by atoms with Gasteiger partial charge in [-0.2, -0.15) is 0 Å². The lowest BCUT2D eigenvalue weighted by Gasteiger charge is -2.34. The minimum absolute atomic E-state index is 0.108. The van der Waals surface area contributed by atoms with Crippen molar-refractivity contribution in [1.82, 2.24) is 10.2 Å². The van der Waals surface area contributed by atoms with Gasteiger partial charge >= 0.3 is 0 Å². The number of hydrogen-bond acceptors (Lipinski definition) is 4. The van der Waals surface area contributed by atoms with E-state index in [1.165, 1.54) is 17.0 Å². The molecule has 3 rings (SSSR count). The van der Waals surface area contributed by atoms with Crippen LogP contribution in [0.4, 0.5) is 10.1 Å². The molecule has 1 atom stereocenters. The molecule has 0 aliphatic rings. The zero-order valence-corrected chi connectivity index (χ0v) is 24.8. The number of benzene rings is 3. The van der Waals surface area contributed by atoms with Crippen LogP contribution in [0.5, 0.6) is 0 Å². The van der Waals surface area contributed by atoms with E-state index < -0.39 is 40.2 Å². The van der Waals surface area contributed by atoms with Gasteiger partial charge in [0.15, 0.2) is 0 Å². The van der Waals surface area contributed by atoms with E-state index in [1.54, 1.807) is 18.2 Å². The van der Waals surface area contributed by atoms with Crippen molar-refractivity contribution < 1.29 is 22.4 Å². The summed E-state index contributed by atoms with van der Waals surface area (Å²) in [6, 6.07) is 17.8. The van der Waals surface area contributed by atoms with E-state index in [2.05, 4.69) is 5.32 Å². The van der Waals surface area contributed by atoms with E-state index in [-0.39, 0.29) is 24.6 Å². The van der Waals surface area contributed by atoms with E-state index >= 15 is 0 Å². The Balaban J connectivity index is 2.08. The lowest BCUT2D eigenvalue weighted by molar-refractivity contribution is -0.140. The zero-order chi connectivity index (χ0) is 29.4. The van der Waals surface area contributed by atoms with E-state index in [9.17, 15) is 22.4 Å². The van der Waals surface area contributed by atoms with Crippen LogP contribution < -0.4 is 9.62 Å². The van der Waals surface area contributed by atoms with Gasteiger partial charge in [-0.1, -0.05) is 73.4 Å². The van der Waals surface area contributed by atoms with Crippen LogP contribution in [-0.4, -0.2) is 50.5 Å². The van der Waals surface area contributed by atoms with Crippen molar-refractivity contribution in [3.63, 3.8) is 0 Å². The number of hydrogen-bond donors (Lipinski definition) is 1. The number of rotatable bonds is 12. The van der Waals surface area contributed by atoms with Gasteiger partial charge in [-0.15, -0.1) is 0 Å². The summed E-state index contributed by atoms with van der Waals surface area (Å²) in [7, 11) is -3.96. The second-order valence-electron chi connectivity index (χ2n) is 9.81. The van der Waals surface area contributed by atoms with Gasteiger partial charge in [0.1, 0.15) is 18.4 Å². The summed E-state index contributed by atoms with van der Waals surface area (Å²) >= 11 is 12.9. The molecule has 214 valence electrons. The summed E-state index contributed by atoms with van der Waals surface area (Å²) in [6.45, 7) is 3.50. The van der Waals surface area contributed by atoms with E-state index in [4.69, 9.17) is 23.2 Å². The highest BCUT2D eigenvalue weighted by Crippen LogP contribution is 2.28. The Kier molecular flexibility index (Phi) is 11.0. The third kappa shape index (κ3) is 8.68. The predicted octanol–water partition coefficient (Wildman–Crippen LogP) is 5.31. The number of amides is 2. The van der Waals surface area contributed by atoms with Crippen molar-refractivity contribution in [1.29, 1.82) is 0 Å². The molecule has 2 amide bonds. The van der Waals surface area contributed by atoms with Gasteiger partial charge in [0.2, 0.25) is 21.8 Å². The molecule has 1 N–H and O–H groups in total. The first kappa shape index (κ1) is 31.4. The minimum Gasteiger partial charge on any atom is -0.354 e. The molecule has 0 aliphatic heterocycles. The summed E-state index contributed by atoms with van der Waals surface area (Å²) in [4.78, 5) is 28.9.